The van der Waals surface area contributed by atoms with Crippen molar-refractivity contribution in [1.29, 1.82) is 0 Å². The topological polar surface area (TPSA) is 62.5 Å². The van der Waals surface area contributed by atoms with Gasteiger partial charge in [-0.25, -0.2) is 9.37 Å². The van der Waals surface area contributed by atoms with E-state index in [9.17, 15) is 4.39 Å². The van der Waals surface area contributed by atoms with Gasteiger partial charge in [0.25, 0.3) is 0 Å². The molecule has 7 nitrogen and oxygen atoms in total. The largest absolute Gasteiger partial charge is 0.365 e. The second kappa shape index (κ2) is 5.95. The summed E-state index contributed by atoms with van der Waals surface area (Å²) in [5.74, 6) is -0.115. The van der Waals surface area contributed by atoms with Crippen LogP contribution in [0, 0.1) is 5.82 Å². The third-order valence-corrected chi connectivity index (χ3v) is 4.36. The van der Waals surface area contributed by atoms with Crippen molar-refractivity contribution in [2.45, 2.75) is 0 Å². The maximum absolute atomic E-state index is 13.4. The summed E-state index contributed by atoms with van der Waals surface area (Å²) in [7, 11) is 2.10. The van der Waals surface area contributed by atoms with Crippen molar-refractivity contribution in [3.8, 4) is 11.4 Å². The highest BCUT2D eigenvalue weighted by molar-refractivity contribution is 6.28. The van der Waals surface area contributed by atoms with E-state index in [-0.39, 0.29) is 5.28 Å². The van der Waals surface area contributed by atoms with Gasteiger partial charge in [-0.3, -0.25) is 4.98 Å². The predicted octanol–water partition coefficient (Wildman–Crippen LogP) is 1.73. The SMILES string of the molecule is CN1CCN(c2cnn3c(Cl)nc(-c4cncc(F)c4)nc23)CC1. The smallest absolute Gasteiger partial charge is 0.227 e. The van der Waals surface area contributed by atoms with E-state index < -0.39 is 5.82 Å². The van der Waals surface area contributed by atoms with Gasteiger partial charge in [-0.05, 0) is 24.7 Å². The van der Waals surface area contributed by atoms with Crippen LogP contribution in [0.3, 0.4) is 0 Å². The van der Waals surface area contributed by atoms with Gasteiger partial charge in [0.05, 0.1) is 12.4 Å². The van der Waals surface area contributed by atoms with E-state index in [0.717, 1.165) is 38.1 Å². The lowest BCUT2D eigenvalue weighted by Gasteiger charge is -2.33. The molecule has 3 aromatic rings. The Hall–Kier alpha value is -2.32. The Morgan fingerprint density at radius 3 is 2.62 bits per heavy atom. The van der Waals surface area contributed by atoms with Crippen molar-refractivity contribution in [2.75, 3.05) is 38.1 Å². The fraction of sp³-hybridized carbons (Fsp3) is 0.333. The molecule has 4 heterocycles. The molecule has 3 aromatic heterocycles. The molecule has 1 fully saturated rings. The second-order valence-corrected chi connectivity index (χ2v) is 6.10. The minimum atomic E-state index is -0.445. The van der Waals surface area contributed by atoms with Crippen LogP contribution < -0.4 is 4.90 Å². The molecule has 1 saturated heterocycles. The molecule has 0 radical (unpaired) electrons. The Labute approximate surface area is 142 Å². The van der Waals surface area contributed by atoms with E-state index in [1.54, 1.807) is 6.20 Å². The number of rotatable bonds is 2. The van der Waals surface area contributed by atoms with E-state index in [1.807, 2.05) is 0 Å². The number of pyridine rings is 1. The summed E-state index contributed by atoms with van der Waals surface area (Å²) in [4.78, 5) is 17.1. The van der Waals surface area contributed by atoms with Gasteiger partial charge in [0.1, 0.15) is 11.5 Å². The van der Waals surface area contributed by atoms with E-state index >= 15 is 0 Å². The Morgan fingerprint density at radius 1 is 1.08 bits per heavy atom. The van der Waals surface area contributed by atoms with Crippen molar-refractivity contribution in [1.82, 2.24) is 29.5 Å². The second-order valence-electron chi connectivity index (χ2n) is 5.76. The van der Waals surface area contributed by atoms with Gasteiger partial charge in [-0.1, -0.05) is 0 Å². The third kappa shape index (κ3) is 2.67. The summed E-state index contributed by atoms with van der Waals surface area (Å²) in [5.41, 5.74) is 1.99. The van der Waals surface area contributed by atoms with Crippen LogP contribution in [0.2, 0.25) is 5.28 Å². The molecule has 0 bridgehead atoms. The fourth-order valence-corrected chi connectivity index (χ4v) is 2.97. The number of hydrogen-bond acceptors (Lipinski definition) is 6. The number of halogens is 2. The highest BCUT2D eigenvalue weighted by Gasteiger charge is 2.20. The highest BCUT2D eigenvalue weighted by Crippen LogP contribution is 2.26. The van der Waals surface area contributed by atoms with Gasteiger partial charge in [-0.15, -0.1) is 0 Å². The highest BCUT2D eigenvalue weighted by atomic mass is 35.5. The number of likely N-dealkylation sites (N-methyl/N-ethyl adjacent to an activating group) is 1. The van der Waals surface area contributed by atoms with Crippen LogP contribution in [-0.2, 0) is 0 Å². The van der Waals surface area contributed by atoms with Gasteiger partial charge in [-0.2, -0.15) is 14.6 Å². The zero-order valence-electron chi connectivity index (χ0n) is 13.0. The van der Waals surface area contributed by atoms with Crippen LogP contribution in [0.15, 0.2) is 24.7 Å². The molecular formula is C15H15ClFN7. The molecule has 124 valence electrons. The van der Waals surface area contributed by atoms with Crippen molar-refractivity contribution in [3.63, 3.8) is 0 Å². The zero-order valence-corrected chi connectivity index (χ0v) is 13.8. The van der Waals surface area contributed by atoms with E-state index in [4.69, 9.17) is 11.6 Å². The fourth-order valence-electron chi connectivity index (χ4n) is 2.77. The van der Waals surface area contributed by atoms with Crippen LogP contribution >= 0.6 is 11.6 Å². The summed E-state index contributed by atoms with van der Waals surface area (Å²) in [6.07, 6.45) is 4.39. The van der Waals surface area contributed by atoms with Crippen LogP contribution in [0.1, 0.15) is 0 Å². The molecular weight excluding hydrogens is 333 g/mol. The minimum Gasteiger partial charge on any atom is -0.365 e. The summed E-state index contributed by atoms with van der Waals surface area (Å²) < 4.78 is 14.9. The summed E-state index contributed by atoms with van der Waals surface area (Å²) in [6, 6.07) is 1.33. The number of hydrogen-bond donors (Lipinski definition) is 0. The van der Waals surface area contributed by atoms with E-state index in [2.05, 4.69) is 36.9 Å². The molecule has 24 heavy (non-hydrogen) atoms. The Balaban J connectivity index is 1.80. The lowest BCUT2D eigenvalue weighted by Crippen LogP contribution is -2.44. The van der Waals surface area contributed by atoms with Gasteiger partial charge in [0.2, 0.25) is 5.28 Å². The first-order chi connectivity index (χ1) is 11.6. The predicted molar refractivity (Wildman–Crippen MR) is 88.7 cm³/mol. The van der Waals surface area contributed by atoms with Crippen LogP contribution in [0.5, 0.6) is 0 Å². The molecule has 0 unspecified atom stereocenters. The van der Waals surface area contributed by atoms with Gasteiger partial charge < -0.3 is 9.80 Å². The zero-order chi connectivity index (χ0) is 16.7. The number of anilines is 1. The van der Waals surface area contributed by atoms with E-state index in [1.165, 1.54) is 16.8 Å². The Morgan fingerprint density at radius 2 is 1.88 bits per heavy atom. The van der Waals surface area contributed by atoms with Gasteiger partial charge in [0.15, 0.2) is 11.5 Å². The first-order valence-electron chi connectivity index (χ1n) is 7.57. The molecule has 0 spiro atoms. The Kier molecular flexibility index (Phi) is 3.78. The maximum atomic E-state index is 13.4. The molecule has 9 heteroatoms. The molecule has 0 atom stereocenters. The average Bonchev–Trinajstić information content (AvgIpc) is 3.00. The molecule has 1 aliphatic rings. The van der Waals surface area contributed by atoms with Crippen LogP contribution in [0.4, 0.5) is 10.1 Å². The molecule has 0 N–H and O–H groups in total. The van der Waals surface area contributed by atoms with Crippen LogP contribution in [-0.4, -0.2) is 62.7 Å². The normalized spacial score (nSPS) is 16.0. The molecule has 0 amide bonds. The molecule has 4 rings (SSSR count). The summed E-state index contributed by atoms with van der Waals surface area (Å²) >= 11 is 6.24. The number of fused-ring (bicyclic) bond motifs is 1. The number of aromatic nitrogens is 5. The van der Waals surface area contributed by atoms with Crippen molar-refractivity contribution < 1.29 is 4.39 Å². The monoisotopic (exact) mass is 347 g/mol. The first kappa shape index (κ1) is 15.2. The quantitative estimate of drug-likeness (QED) is 0.703. The molecule has 0 aromatic carbocycles. The van der Waals surface area contributed by atoms with Gasteiger partial charge in [0, 0.05) is 37.9 Å². The third-order valence-electron chi connectivity index (χ3n) is 4.12. The Bertz CT molecular complexity index is 889. The van der Waals surface area contributed by atoms with Crippen LogP contribution in [0.25, 0.3) is 17.0 Å². The standard InChI is InChI=1S/C15H15ClFN7/c1-22-2-4-23(5-3-22)12-9-19-24-14(12)20-13(21-15(24)16)10-6-11(17)8-18-7-10/h6-9H,2-5H2,1H3. The van der Waals surface area contributed by atoms with Crippen molar-refractivity contribution in [3.05, 3.63) is 35.8 Å². The molecule has 0 saturated carbocycles. The lowest BCUT2D eigenvalue weighted by atomic mass is 10.2. The van der Waals surface area contributed by atoms with Crippen molar-refractivity contribution >= 4 is 22.9 Å². The molecule has 1 aliphatic heterocycles. The summed E-state index contributed by atoms with van der Waals surface area (Å²) in [5, 5.41) is 4.46. The first-order valence-corrected chi connectivity index (χ1v) is 7.95. The van der Waals surface area contributed by atoms with E-state index in [0.29, 0.717) is 17.0 Å². The summed E-state index contributed by atoms with van der Waals surface area (Å²) in [6.45, 7) is 3.71. The lowest BCUT2D eigenvalue weighted by molar-refractivity contribution is 0.313. The van der Waals surface area contributed by atoms with Crippen molar-refractivity contribution in [2.24, 2.45) is 0 Å². The average molecular weight is 348 g/mol. The number of nitrogens with zero attached hydrogens (tertiary/aromatic N) is 7. The molecule has 0 aliphatic carbocycles. The maximum Gasteiger partial charge on any atom is 0.227 e. The van der Waals surface area contributed by atoms with Gasteiger partial charge >= 0.3 is 0 Å². The number of piperazine rings is 1. The minimum absolute atomic E-state index is 0.180.